The Bertz CT molecular complexity index is 789. The predicted molar refractivity (Wildman–Crippen MR) is 194 cm³/mol. The van der Waals surface area contributed by atoms with E-state index in [1.165, 1.54) is 122 Å². The third-order valence-corrected chi connectivity index (χ3v) is 10.3. The molecule has 276 valence electrons. The van der Waals surface area contributed by atoms with Gasteiger partial charge in [-0.05, 0) is 25.7 Å². The Kier molecular flexibility index (Phi) is 31.1. The number of carbonyl (C=O) groups is 2. The first-order chi connectivity index (χ1) is 21.5. The number of rotatable bonds is 34. The molecule has 4 N–H and O–H groups in total. The van der Waals surface area contributed by atoms with Crippen molar-refractivity contribution in [3.63, 3.8) is 0 Å². The second-order valence-electron chi connectivity index (χ2n) is 14.2. The van der Waals surface area contributed by atoms with Crippen molar-refractivity contribution in [2.24, 2.45) is 11.8 Å². The second-order valence-corrected chi connectivity index (χ2v) is 15.2. The molecule has 0 amide bonds. The van der Waals surface area contributed by atoms with Crippen LogP contribution in [0.2, 0.25) is 0 Å². The van der Waals surface area contributed by atoms with Crippen molar-refractivity contribution in [3.05, 3.63) is 0 Å². The van der Waals surface area contributed by atoms with Gasteiger partial charge in [-0.1, -0.05) is 182 Å². The summed E-state index contributed by atoms with van der Waals surface area (Å²) in [6.45, 7) is 9.34. The first-order valence-electron chi connectivity index (χ1n) is 19.2. The molecule has 7 nitrogen and oxygen atoms in total. The number of hydrogen-bond acceptors (Lipinski definition) is 6. The van der Waals surface area contributed by atoms with Gasteiger partial charge in [-0.2, -0.15) is 0 Å². The highest BCUT2D eigenvalue weighted by molar-refractivity contribution is 7.80. The van der Waals surface area contributed by atoms with Crippen LogP contribution in [0.5, 0.6) is 0 Å². The molecule has 0 spiro atoms. The fourth-order valence-corrected chi connectivity index (χ4v) is 7.17. The number of ketones is 2. The van der Waals surface area contributed by atoms with E-state index in [1.807, 2.05) is 0 Å². The van der Waals surface area contributed by atoms with Crippen LogP contribution in [0, 0.1) is 11.8 Å². The van der Waals surface area contributed by atoms with Gasteiger partial charge in [0, 0.05) is 12.8 Å². The van der Waals surface area contributed by atoms with Crippen molar-refractivity contribution in [1.82, 2.24) is 6.15 Å². The van der Waals surface area contributed by atoms with Crippen molar-refractivity contribution in [2.75, 3.05) is 0 Å². The summed E-state index contributed by atoms with van der Waals surface area (Å²) in [5, 5.41) is 0. The average molecular weight is 676 g/mol. The van der Waals surface area contributed by atoms with E-state index in [1.54, 1.807) is 13.8 Å². The van der Waals surface area contributed by atoms with Crippen LogP contribution < -0.4 is 6.15 Å². The van der Waals surface area contributed by atoms with Gasteiger partial charge in [0.15, 0.2) is 0 Å². The monoisotopic (exact) mass is 676 g/mol. The summed E-state index contributed by atoms with van der Waals surface area (Å²) in [6, 6.07) is 0. The molecule has 0 radical (unpaired) electrons. The van der Waals surface area contributed by atoms with Crippen LogP contribution in [0.1, 0.15) is 214 Å². The van der Waals surface area contributed by atoms with Gasteiger partial charge in [0.1, 0.15) is 23.1 Å². The molecule has 0 saturated carbocycles. The fourth-order valence-electron chi connectivity index (χ4n) is 6.44. The van der Waals surface area contributed by atoms with E-state index in [4.69, 9.17) is 4.18 Å². The molecular formula is C38H77NO6S. The summed E-state index contributed by atoms with van der Waals surface area (Å²) >= 11 is 0. The summed E-state index contributed by atoms with van der Waals surface area (Å²) in [5.41, 5.74) is -1.68. The lowest BCUT2D eigenvalue weighted by Gasteiger charge is -2.39. The Morgan fingerprint density at radius 1 is 0.543 bits per heavy atom. The molecule has 0 bridgehead atoms. The van der Waals surface area contributed by atoms with Gasteiger partial charge >= 0.3 is 0 Å². The lowest BCUT2D eigenvalue weighted by atomic mass is 9.73. The zero-order chi connectivity index (χ0) is 33.8. The SMILES string of the molecule is CCCCCCCCCCCCCCCC(=O)C(C(=O)CCCCCCCCCCCCCCC)C(C)(OS(=O)(=O)[O-])C(C)C.[NH4+]. The third-order valence-electron chi connectivity index (χ3n) is 9.70. The van der Waals surface area contributed by atoms with Gasteiger partial charge in [-0.25, -0.2) is 8.42 Å². The maximum Gasteiger partial charge on any atom is 0.218 e. The highest BCUT2D eigenvalue weighted by Crippen LogP contribution is 2.35. The normalized spacial score (nSPS) is 13.2. The van der Waals surface area contributed by atoms with Gasteiger partial charge in [0.2, 0.25) is 10.4 Å². The van der Waals surface area contributed by atoms with Crippen molar-refractivity contribution in [1.29, 1.82) is 0 Å². The minimum atomic E-state index is -5.09. The van der Waals surface area contributed by atoms with Crippen molar-refractivity contribution >= 4 is 22.0 Å². The predicted octanol–water partition coefficient (Wildman–Crippen LogP) is 12.0. The lowest BCUT2D eigenvalue weighted by Crippen LogP contribution is -2.51. The maximum atomic E-state index is 13.5. The standard InChI is InChI=1S/C38H74O6S.H3N/c1-6-8-10-12-14-16-18-20-22-24-26-28-30-32-35(39)37(38(5,34(3)4)44-45(41,42)43)36(40)33-31-29-27-25-23-21-19-17-15-13-11-9-7-2;/h34,37H,6-33H2,1-5H3,(H,41,42,43);1H3. The van der Waals surface area contributed by atoms with E-state index in [0.29, 0.717) is 12.8 Å². The number of unbranched alkanes of at least 4 members (excludes halogenated alkanes) is 24. The smallest absolute Gasteiger partial charge is 0.218 e. The number of Topliss-reactive ketones (excluding diaryl/α,β-unsaturated/α-hetero) is 2. The highest BCUT2D eigenvalue weighted by atomic mass is 32.3. The van der Waals surface area contributed by atoms with Crippen molar-refractivity contribution in [2.45, 2.75) is 220 Å². The molecule has 0 aromatic heterocycles. The van der Waals surface area contributed by atoms with Crippen LogP contribution in [0.4, 0.5) is 0 Å². The van der Waals surface area contributed by atoms with E-state index in [0.717, 1.165) is 38.5 Å². The summed E-state index contributed by atoms with van der Waals surface area (Å²) in [7, 11) is -5.09. The van der Waals surface area contributed by atoms with E-state index < -0.39 is 27.8 Å². The zero-order valence-corrected chi connectivity index (χ0v) is 32.1. The van der Waals surface area contributed by atoms with E-state index >= 15 is 0 Å². The van der Waals surface area contributed by atoms with Crippen LogP contribution in [0.3, 0.4) is 0 Å². The van der Waals surface area contributed by atoms with Gasteiger partial charge in [0.05, 0.1) is 0 Å². The molecule has 0 aliphatic rings. The second kappa shape index (κ2) is 30.2. The van der Waals surface area contributed by atoms with Crippen LogP contribution in [0.15, 0.2) is 0 Å². The Balaban J connectivity index is 0. The molecule has 8 heteroatoms. The number of hydrogen-bond donors (Lipinski definition) is 1. The molecule has 0 aliphatic carbocycles. The van der Waals surface area contributed by atoms with Crippen molar-refractivity contribution < 1.29 is 26.7 Å². The molecule has 0 heterocycles. The van der Waals surface area contributed by atoms with Crippen LogP contribution in [-0.2, 0) is 24.2 Å². The van der Waals surface area contributed by atoms with Gasteiger partial charge in [-0.3, -0.25) is 13.8 Å². The Labute approximate surface area is 286 Å². The lowest BCUT2D eigenvalue weighted by molar-refractivity contribution is -0.144. The van der Waals surface area contributed by atoms with Gasteiger partial charge < -0.3 is 10.7 Å². The van der Waals surface area contributed by atoms with Crippen molar-refractivity contribution in [3.8, 4) is 0 Å². The third kappa shape index (κ3) is 25.2. The molecule has 0 saturated heterocycles. The molecule has 0 aromatic carbocycles. The minimum absolute atomic E-state index is 0. The maximum absolute atomic E-state index is 13.5. The molecule has 1 atom stereocenters. The largest absolute Gasteiger partial charge is 0.726 e. The number of carbonyl (C=O) groups excluding carboxylic acids is 2. The first kappa shape index (κ1) is 47.3. The summed E-state index contributed by atoms with van der Waals surface area (Å²) in [6.07, 6.45) is 31.5. The van der Waals surface area contributed by atoms with Crippen LogP contribution >= 0.6 is 0 Å². The van der Waals surface area contributed by atoms with Crippen LogP contribution in [0.25, 0.3) is 0 Å². The molecule has 0 fully saturated rings. The molecule has 0 rings (SSSR count). The summed E-state index contributed by atoms with van der Waals surface area (Å²) < 4.78 is 40.0. The average Bonchev–Trinajstić information content (AvgIpc) is 2.97. The summed E-state index contributed by atoms with van der Waals surface area (Å²) in [4.78, 5) is 26.9. The minimum Gasteiger partial charge on any atom is -0.726 e. The molecule has 1 unspecified atom stereocenters. The van der Waals surface area contributed by atoms with Gasteiger partial charge in [0.25, 0.3) is 0 Å². The Morgan fingerprint density at radius 3 is 1.00 bits per heavy atom. The Morgan fingerprint density at radius 2 is 0.783 bits per heavy atom. The van der Waals surface area contributed by atoms with Gasteiger partial charge in [-0.15, -0.1) is 0 Å². The first-order valence-corrected chi connectivity index (χ1v) is 20.5. The topological polar surface area (TPSA) is 137 Å². The van der Waals surface area contributed by atoms with Crippen LogP contribution in [-0.4, -0.2) is 30.1 Å². The summed E-state index contributed by atoms with van der Waals surface area (Å²) in [5.74, 6) is -2.33. The van der Waals surface area contributed by atoms with E-state index in [-0.39, 0.29) is 30.6 Å². The van der Waals surface area contributed by atoms with E-state index in [9.17, 15) is 22.6 Å². The van der Waals surface area contributed by atoms with E-state index in [2.05, 4.69) is 13.8 Å². The molecule has 0 aliphatic heterocycles. The zero-order valence-electron chi connectivity index (χ0n) is 31.3. The molecular weight excluding hydrogens is 598 g/mol. The number of quaternary nitrogens is 1. The molecule has 0 aromatic rings. The molecule has 46 heavy (non-hydrogen) atoms. The fraction of sp³-hybridized carbons (Fsp3) is 0.947. The highest BCUT2D eigenvalue weighted by Gasteiger charge is 2.47. The quantitative estimate of drug-likeness (QED) is 0.0312. The Hall–Kier alpha value is -0.830.